The van der Waals surface area contributed by atoms with Crippen molar-refractivity contribution >= 4 is 0 Å². The number of H-pyrrole nitrogens is 1. The summed E-state index contributed by atoms with van der Waals surface area (Å²) in [6.45, 7) is 1.70. The third-order valence-corrected chi connectivity index (χ3v) is 3.42. The van der Waals surface area contributed by atoms with Gasteiger partial charge in [0.2, 0.25) is 11.8 Å². The minimum absolute atomic E-state index is 0.0172. The third-order valence-electron chi connectivity index (χ3n) is 3.42. The predicted octanol–water partition coefficient (Wildman–Crippen LogP) is 2.21. The number of halogens is 2. The van der Waals surface area contributed by atoms with E-state index < -0.39 is 17.6 Å². The first-order chi connectivity index (χ1) is 10.0. The summed E-state index contributed by atoms with van der Waals surface area (Å²) in [7, 11) is 0. The fraction of sp³-hybridized carbons (Fsp3) is 0.143. The van der Waals surface area contributed by atoms with E-state index in [0.717, 1.165) is 6.07 Å². The second-order valence-corrected chi connectivity index (χ2v) is 4.64. The van der Waals surface area contributed by atoms with Crippen molar-refractivity contribution in [3.63, 3.8) is 0 Å². The van der Waals surface area contributed by atoms with Gasteiger partial charge in [-0.15, -0.1) is 5.10 Å². The zero-order valence-corrected chi connectivity index (χ0v) is 10.9. The van der Waals surface area contributed by atoms with Crippen LogP contribution in [0.3, 0.4) is 0 Å². The van der Waals surface area contributed by atoms with Crippen LogP contribution < -0.4 is 10.5 Å². The highest BCUT2D eigenvalue weighted by molar-refractivity contribution is 5.55. The van der Waals surface area contributed by atoms with Gasteiger partial charge in [-0.05, 0) is 13.0 Å². The van der Waals surface area contributed by atoms with Crippen molar-refractivity contribution in [1.82, 2.24) is 10.2 Å². The SMILES string of the molecule is Cc1[nH]nc2c1C(c1cccc(F)c1F)C(C#N)=C(N)O2. The van der Waals surface area contributed by atoms with Crippen molar-refractivity contribution in [3.8, 4) is 11.9 Å². The average molecular weight is 288 g/mol. The molecule has 3 rings (SSSR count). The number of nitrogens with one attached hydrogen (secondary N) is 1. The topological polar surface area (TPSA) is 87.7 Å². The van der Waals surface area contributed by atoms with Crippen LogP contribution in [0.25, 0.3) is 0 Å². The minimum Gasteiger partial charge on any atom is -0.420 e. The molecule has 1 unspecified atom stereocenters. The normalized spacial score (nSPS) is 17.1. The summed E-state index contributed by atoms with van der Waals surface area (Å²) >= 11 is 0. The first-order valence-corrected chi connectivity index (χ1v) is 6.11. The Hall–Kier alpha value is -2.88. The Labute approximate surface area is 118 Å². The molecule has 1 aromatic heterocycles. The van der Waals surface area contributed by atoms with Gasteiger partial charge < -0.3 is 10.5 Å². The number of fused-ring (bicyclic) bond motifs is 1. The highest BCUT2D eigenvalue weighted by atomic mass is 19.2. The van der Waals surface area contributed by atoms with Crippen LogP contribution in [-0.2, 0) is 0 Å². The molecule has 0 amide bonds. The van der Waals surface area contributed by atoms with Crippen molar-refractivity contribution in [2.75, 3.05) is 0 Å². The Kier molecular flexibility index (Phi) is 2.87. The number of benzene rings is 1. The molecule has 5 nitrogen and oxygen atoms in total. The molecule has 2 aromatic rings. The standard InChI is InChI=1S/C14H10F2N4O/c1-6-10-11(7-3-2-4-9(15)12(7)16)8(5-17)13(18)21-14(10)20-19-6/h2-4,11H,18H2,1H3,(H,19,20). The molecule has 0 fully saturated rings. The van der Waals surface area contributed by atoms with E-state index in [-0.39, 0.29) is 22.9 Å². The van der Waals surface area contributed by atoms with Crippen molar-refractivity contribution < 1.29 is 13.5 Å². The van der Waals surface area contributed by atoms with Gasteiger partial charge in [0.05, 0.1) is 5.92 Å². The highest BCUT2D eigenvalue weighted by Gasteiger charge is 2.36. The molecule has 1 aliphatic rings. The maximum absolute atomic E-state index is 14.1. The van der Waals surface area contributed by atoms with Crippen molar-refractivity contribution in [2.24, 2.45) is 5.73 Å². The van der Waals surface area contributed by atoms with Crippen molar-refractivity contribution in [2.45, 2.75) is 12.8 Å². The summed E-state index contributed by atoms with van der Waals surface area (Å²) in [6, 6.07) is 5.71. The fourth-order valence-corrected chi connectivity index (χ4v) is 2.45. The quantitative estimate of drug-likeness (QED) is 0.842. The number of ether oxygens (including phenoxy) is 1. The van der Waals surface area contributed by atoms with E-state index in [0.29, 0.717) is 11.3 Å². The van der Waals surface area contributed by atoms with Crippen LogP contribution in [0.4, 0.5) is 8.78 Å². The van der Waals surface area contributed by atoms with Gasteiger partial charge in [-0.25, -0.2) is 8.78 Å². The van der Waals surface area contributed by atoms with E-state index in [9.17, 15) is 14.0 Å². The lowest BCUT2D eigenvalue weighted by Crippen LogP contribution is -2.21. The van der Waals surface area contributed by atoms with Crippen LogP contribution in [0.5, 0.6) is 5.88 Å². The lowest BCUT2D eigenvalue weighted by molar-refractivity contribution is 0.377. The van der Waals surface area contributed by atoms with Gasteiger partial charge in [0, 0.05) is 16.8 Å². The summed E-state index contributed by atoms with van der Waals surface area (Å²) in [5.74, 6) is -2.86. The molecule has 106 valence electrons. The molecule has 7 heteroatoms. The number of nitriles is 1. The van der Waals surface area contributed by atoms with E-state index in [2.05, 4.69) is 10.2 Å². The summed E-state index contributed by atoms with van der Waals surface area (Å²) in [5, 5.41) is 15.9. The highest BCUT2D eigenvalue weighted by Crippen LogP contribution is 2.43. The Morgan fingerprint density at radius 2 is 2.19 bits per heavy atom. The summed E-state index contributed by atoms with van der Waals surface area (Å²) in [6.07, 6.45) is 0. The average Bonchev–Trinajstić information content (AvgIpc) is 2.82. The van der Waals surface area contributed by atoms with Crippen LogP contribution in [0.1, 0.15) is 22.7 Å². The van der Waals surface area contributed by atoms with E-state index >= 15 is 0 Å². The molecule has 2 heterocycles. The molecule has 0 saturated carbocycles. The molecule has 0 radical (unpaired) electrons. The van der Waals surface area contributed by atoms with Crippen molar-refractivity contribution in [3.05, 3.63) is 58.1 Å². The van der Waals surface area contributed by atoms with Crippen LogP contribution >= 0.6 is 0 Å². The van der Waals surface area contributed by atoms with Crippen LogP contribution in [0.15, 0.2) is 29.7 Å². The van der Waals surface area contributed by atoms with Gasteiger partial charge in [0.15, 0.2) is 11.6 Å². The van der Waals surface area contributed by atoms with Crippen molar-refractivity contribution in [1.29, 1.82) is 5.26 Å². The first-order valence-electron chi connectivity index (χ1n) is 6.11. The van der Waals surface area contributed by atoms with Crippen LogP contribution in [-0.4, -0.2) is 10.2 Å². The van der Waals surface area contributed by atoms with E-state index in [1.807, 2.05) is 6.07 Å². The zero-order chi connectivity index (χ0) is 15.1. The third kappa shape index (κ3) is 1.84. The second-order valence-electron chi connectivity index (χ2n) is 4.64. The minimum atomic E-state index is -1.02. The van der Waals surface area contributed by atoms with Gasteiger partial charge in [0.25, 0.3) is 0 Å². The number of hydrogen-bond donors (Lipinski definition) is 2. The summed E-state index contributed by atoms with van der Waals surface area (Å²) in [5.41, 5.74) is 6.81. The smallest absolute Gasteiger partial charge is 0.244 e. The largest absolute Gasteiger partial charge is 0.420 e. The van der Waals surface area contributed by atoms with Gasteiger partial charge in [-0.3, -0.25) is 5.10 Å². The number of aromatic nitrogens is 2. The number of nitrogens with two attached hydrogens (primary N) is 1. The lowest BCUT2D eigenvalue weighted by Gasteiger charge is -2.23. The number of nitrogens with zero attached hydrogens (tertiary/aromatic N) is 2. The molecule has 0 bridgehead atoms. The number of aromatic amines is 1. The molecule has 3 N–H and O–H groups in total. The number of rotatable bonds is 1. The van der Waals surface area contributed by atoms with Crippen LogP contribution in [0.2, 0.25) is 0 Å². The Morgan fingerprint density at radius 3 is 2.90 bits per heavy atom. The van der Waals surface area contributed by atoms with E-state index in [4.69, 9.17) is 10.5 Å². The molecule has 1 atom stereocenters. The molecule has 1 aliphatic heterocycles. The second kappa shape index (κ2) is 4.59. The monoisotopic (exact) mass is 288 g/mol. The Balaban J connectivity index is 2.30. The van der Waals surface area contributed by atoms with Gasteiger partial charge in [0.1, 0.15) is 11.6 Å². The van der Waals surface area contributed by atoms with Gasteiger partial charge in [-0.1, -0.05) is 12.1 Å². The van der Waals surface area contributed by atoms with Crippen LogP contribution in [0, 0.1) is 29.9 Å². The van der Waals surface area contributed by atoms with E-state index in [1.165, 1.54) is 12.1 Å². The lowest BCUT2D eigenvalue weighted by atomic mass is 9.84. The van der Waals surface area contributed by atoms with E-state index in [1.54, 1.807) is 6.92 Å². The summed E-state index contributed by atoms with van der Waals surface area (Å²) < 4.78 is 32.9. The Morgan fingerprint density at radius 1 is 1.43 bits per heavy atom. The molecule has 0 spiro atoms. The zero-order valence-electron chi connectivity index (χ0n) is 10.9. The van der Waals surface area contributed by atoms with Gasteiger partial charge >= 0.3 is 0 Å². The number of allylic oxidation sites excluding steroid dienone is 1. The summed E-state index contributed by atoms with van der Waals surface area (Å²) in [4.78, 5) is 0. The molecule has 0 saturated heterocycles. The number of aryl methyl sites for hydroxylation is 1. The maximum Gasteiger partial charge on any atom is 0.244 e. The van der Waals surface area contributed by atoms with Gasteiger partial charge in [-0.2, -0.15) is 5.26 Å². The molecule has 0 aliphatic carbocycles. The number of hydrogen-bond acceptors (Lipinski definition) is 4. The fourth-order valence-electron chi connectivity index (χ4n) is 2.45. The molecule has 1 aromatic carbocycles. The molecular weight excluding hydrogens is 278 g/mol. The molecule has 21 heavy (non-hydrogen) atoms. The maximum atomic E-state index is 14.1. The predicted molar refractivity (Wildman–Crippen MR) is 69.0 cm³/mol. The Bertz CT molecular complexity index is 804. The first kappa shape index (κ1) is 13.1. The molecular formula is C14H10F2N4O.